The quantitative estimate of drug-likeness (QED) is 0.720. The molecule has 108 valence electrons. The molecule has 0 aliphatic rings. The highest BCUT2D eigenvalue weighted by Gasteiger charge is 2.19. The molecular weight excluding hydrogens is 252 g/mol. The predicted molar refractivity (Wildman–Crippen MR) is 87.6 cm³/mol. The Morgan fingerprint density at radius 3 is 2.47 bits per heavy atom. The molecule has 0 spiro atoms. The van der Waals surface area contributed by atoms with Crippen LogP contribution in [0.15, 0.2) is 18.2 Å². The fourth-order valence-corrected chi connectivity index (χ4v) is 2.54. The zero-order chi connectivity index (χ0) is 14.5. The Morgan fingerprint density at radius 2 is 1.89 bits per heavy atom. The topological polar surface area (TPSA) is 9.23 Å². The average molecular weight is 280 g/mol. The molecule has 1 atom stereocenters. The van der Waals surface area contributed by atoms with Crippen LogP contribution in [0.5, 0.6) is 5.75 Å². The number of rotatable bonds is 6. The maximum absolute atomic E-state index is 6.04. The van der Waals surface area contributed by atoms with Gasteiger partial charge >= 0.3 is 0 Å². The van der Waals surface area contributed by atoms with E-state index in [4.69, 9.17) is 4.74 Å². The minimum atomic E-state index is 0.125. The largest absolute Gasteiger partial charge is 0.493 e. The van der Waals surface area contributed by atoms with Crippen LogP contribution < -0.4 is 4.74 Å². The Morgan fingerprint density at radius 1 is 1.21 bits per heavy atom. The van der Waals surface area contributed by atoms with E-state index in [0.717, 1.165) is 31.0 Å². The molecule has 2 heteroatoms. The van der Waals surface area contributed by atoms with Crippen molar-refractivity contribution in [3.05, 3.63) is 29.3 Å². The van der Waals surface area contributed by atoms with Crippen LogP contribution in [0.4, 0.5) is 0 Å². The van der Waals surface area contributed by atoms with Gasteiger partial charge in [-0.25, -0.2) is 0 Å². The molecule has 0 bridgehead atoms. The van der Waals surface area contributed by atoms with Crippen molar-refractivity contribution in [2.45, 2.75) is 52.9 Å². The third kappa shape index (κ3) is 5.48. The van der Waals surface area contributed by atoms with Crippen molar-refractivity contribution in [2.24, 2.45) is 5.92 Å². The summed E-state index contributed by atoms with van der Waals surface area (Å²) in [5.41, 5.74) is 2.67. The Bertz CT molecular complexity index is 393. The first-order valence-electron chi connectivity index (χ1n) is 7.19. The summed E-state index contributed by atoms with van der Waals surface area (Å²) in [7, 11) is 0. The summed E-state index contributed by atoms with van der Waals surface area (Å²) in [6.45, 7) is 11.9. The predicted octanol–water partition coefficient (Wildman–Crippen LogP) is 5.02. The minimum absolute atomic E-state index is 0.125. The molecule has 19 heavy (non-hydrogen) atoms. The molecule has 1 unspecified atom stereocenters. The van der Waals surface area contributed by atoms with Gasteiger partial charge in [0.2, 0.25) is 0 Å². The van der Waals surface area contributed by atoms with E-state index in [1.807, 2.05) is 0 Å². The lowest BCUT2D eigenvalue weighted by Gasteiger charge is -2.23. The lowest BCUT2D eigenvalue weighted by molar-refractivity contribution is 0.276. The summed E-state index contributed by atoms with van der Waals surface area (Å²) >= 11 is 4.28. The second kappa shape index (κ2) is 7.23. The van der Waals surface area contributed by atoms with E-state index >= 15 is 0 Å². The van der Waals surface area contributed by atoms with Gasteiger partial charge in [0.15, 0.2) is 0 Å². The van der Waals surface area contributed by atoms with Crippen LogP contribution in [0.25, 0.3) is 0 Å². The highest BCUT2D eigenvalue weighted by atomic mass is 32.1. The van der Waals surface area contributed by atoms with E-state index in [2.05, 4.69) is 65.4 Å². The zero-order valence-corrected chi connectivity index (χ0v) is 13.9. The average Bonchev–Trinajstić information content (AvgIpc) is 2.27. The van der Waals surface area contributed by atoms with Crippen LogP contribution in [0.2, 0.25) is 0 Å². The Kier molecular flexibility index (Phi) is 6.25. The molecule has 0 aliphatic heterocycles. The number of hydrogen-bond acceptors (Lipinski definition) is 2. The third-order valence-electron chi connectivity index (χ3n) is 3.44. The van der Waals surface area contributed by atoms with Gasteiger partial charge in [-0.1, -0.05) is 39.8 Å². The van der Waals surface area contributed by atoms with Gasteiger partial charge in [0.25, 0.3) is 0 Å². The second-order valence-corrected chi connectivity index (χ2v) is 6.95. The molecule has 1 aromatic carbocycles. The monoisotopic (exact) mass is 280 g/mol. The summed E-state index contributed by atoms with van der Waals surface area (Å²) in [5, 5.41) is 0. The standard InChI is InChI=1S/C17H28OS/c1-13(9-11-19)8-10-18-16-12-14(2)6-7-15(16)17(3,4)5/h6-7,12-13,19H,8-11H2,1-5H3. The van der Waals surface area contributed by atoms with Crippen molar-refractivity contribution in [1.82, 2.24) is 0 Å². The van der Waals surface area contributed by atoms with Gasteiger partial charge < -0.3 is 4.74 Å². The van der Waals surface area contributed by atoms with Crippen molar-refractivity contribution >= 4 is 12.6 Å². The first-order chi connectivity index (χ1) is 8.84. The van der Waals surface area contributed by atoms with Crippen molar-refractivity contribution in [3.8, 4) is 5.75 Å². The van der Waals surface area contributed by atoms with Crippen LogP contribution in [-0.4, -0.2) is 12.4 Å². The van der Waals surface area contributed by atoms with Gasteiger partial charge in [0.1, 0.15) is 5.75 Å². The highest BCUT2D eigenvalue weighted by Crippen LogP contribution is 2.32. The minimum Gasteiger partial charge on any atom is -0.493 e. The van der Waals surface area contributed by atoms with Crippen LogP contribution in [0.3, 0.4) is 0 Å². The Balaban J connectivity index is 2.69. The molecule has 0 N–H and O–H groups in total. The molecule has 1 nitrogen and oxygen atoms in total. The lowest BCUT2D eigenvalue weighted by atomic mass is 9.86. The smallest absolute Gasteiger partial charge is 0.123 e. The summed E-state index contributed by atoms with van der Waals surface area (Å²) < 4.78 is 6.04. The number of ether oxygens (including phenoxy) is 1. The fraction of sp³-hybridized carbons (Fsp3) is 0.647. The van der Waals surface area contributed by atoms with Gasteiger partial charge in [-0.2, -0.15) is 12.6 Å². The van der Waals surface area contributed by atoms with Crippen molar-refractivity contribution in [2.75, 3.05) is 12.4 Å². The van der Waals surface area contributed by atoms with E-state index in [9.17, 15) is 0 Å². The zero-order valence-electron chi connectivity index (χ0n) is 13.0. The van der Waals surface area contributed by atoms with Gasteiger partial charge in [-0.15, -0.1) is 0 Å². The normalized spacial score (nSPS) is 13.4. The number of benzene rings is 1. The lowest BCUT2D eigenvalue weighted by Crippen LogP contribution is -2.14. The van der Waals surface area contributed by atoms with E-state index < -0.39 is 0 Å². The third-order valence-corrected chi connectivity index (χ3v) is 3.69. The van der Waals surface area contributed by atoms with Gasteiger partial charge in [0.05, 0.1) is 6.61 Å². The summed E-state index contributed by atoms with van der Waals surface area (Å²) in [6, 6.07) is 6.52. The molecule has 0 aliphatic carbocycles. The summed E-state index contributed by atoms with van der Waals surface area (Å²) in [6.07, 6.45) is 2.25. The van der Waals surface area contributed by atoms with E-state index in [-0.39, 0.29) is 5.41 Å². The first kappa shape index (κ1) is 16.4. The molecule has 0 fully saturated rings. The van der Waals surface area contributed by atoms with Crippen LogP contribution in [0, 0.1) is 12.8 Å². The summed E-state index contributed by atoms with van der Waals surface area (Å²) in [4.78, 5) is 0. The van der Waals surface area contributed by atoms with Crippen molar-refractivity contribution in [1.29, 1.82) is 0 Å². The highest BCUT2D eigenvalue weighted by molar-refractivity contribution is 7.80. The number of thiol groups is 1. The maximum Gasteiger partial charge on any atom is 0.123 e. The molecule has 0 saturated carbocycles. The second-order valence-electron chi connectivity index (χ2n) is 6.50. The number of hydrogen-bond donors (Lipinski definition) is 1. The summed E-state index contributed by atoms with van der Waals surface area (Å²) in [5.74, 6) is 2.68. The van der Waals surface area contributed by atoms with Gasteiger partial charge in [-0.05, 0) is 54.0 Å². The van der Waals surface area contributed by atoms with Crippen LogP contribution in [-0.2, 0) is 5.41 Å². The molecule has 0 amide bonds. The van der Waals surface area contributed by atoms with E-state index in [1.165, 1.54) is 11.1 Å². The number of aryl methyl sites for hydroxylation is 1. The van der Waals surface area contributed by atoms with Crippen molar-refractivity contribution in [3.63, 3.8) is 0 Å². The van der Waals surface area contributed by atoms with Gasteiger partial charge in [0, 0.05) is 0 Å². The van der Waals surface area contributed by atoms with Gasteiger partial charge in [-0.3, -0.25) is 0 Å². The molecule has 0 aromatic heterocycles. The van der Waals surface area contributed by atoms with E-state index in [0.29, 0.717) is 5.92 Å². The molecule has 0 saturated heterocycles. The van der Waals surface area contributed by atoms with E-state index in [1.54, 1.807) is 0 Å². The molecule has 0 radical (unpaired) electrons. The maximum atomic E-state index is 6.04. The molecule has 1 rings (SSSR count). The molecule has 1 aromatic rings. The van der Waals surface area contributed by atoms with Crippen molar-refractivity contribution < 1.29 is 4.74 Å². The molecular formula is C17H28OS. The first-order valence-corrected chi connectivity index (χ1v) is 7.82. The van der Waals surface area contributed by atoms with Crippen LogP contribution in [0.1, 0.15) is 51.7 Å². The SMILES string of the molecule is Cc1ccc(C(C)(C)C)c(OCCC(C)CCS)c1. The Hall–Kier alpha value is -0.630. The molecule has 0 heterocycles. The Labute approximate surface area is 124 Å². The van der Waals surface area contributed by atoms with Crippen LogP contribution >= 0.6 is 12.6 Å². The fourth-order valence-electron chi connectivity index (χ4n) is 2.10.